The molecule has 0 saturated carbocycles. The molecule has 0 radical (unpaired) electrons. The summed E-state index contributed by atoms with van der Waals surface area (Å²) in [4.78, 5) is 16.1. The van der Waals surface area contributed by atoms with Crippen LogP contribution in [0.2, 0.25) is 0 Å². The van der Waals surface area contributed by atoms with E-state index in [1.807, 2.05) is 13.0 Å². The summed E-state index contributed by atoms with van der Waals surface area (Å²) in [6.07, 6.45) is 4.05. The van der Waals surface area contributed by atoms with Gasteiger partial charge in [0.1, 0.15) is 4.88 Å². The highest BCUT2D eigenvalue weighted by molar-refractivity contribution is 7.20. The minimum absolute atomic E-state index is 0.0520. The average Bonchev–Trinajstić information content (AvgIpc) is 3.26. The average molecular weight is 373 g/mol. The molecule has 3 heterocycles. The highest BCUT2D eigenvalue weighted by Crippen LogP contribution is 2.33. The predicted octanol–water partition coefficient (Wildman–Crippen LogP) is 4.65. The molecule has 26 heavy (non-hydrogen) atoms. The SMILES string of the molecule is CCOC(=O)c1cc2c(ccc3[nH]c(CCOC4CCCCO4)cc32)s1. The van der Waals surface area contributed by atoms with Crippen molar-refractivity contribution in [3.8, 4) is 0 Å². The molecule has 1 saturated heterocycles. The van der Waals surface area contributed by atoms with Crippen LogP contribution in [0, 0.1) is 0 Å². The molecule has 4 rings (SSSR count). The lowest BCUT2D eigenvalue weighted by atomic mass is 10.1. The molecule has 1 atom stereocenters. The largest absolute Gasteiger partial charge is 0.462 e. The van der Waals surface area contributed by atoms with Gasteiger partial charge >= 0.3 is 5.97 Å². The first-order valence-corrected chi connectivity index (χ1v) is 10.0. The van der Waals surface area contributed by atoms with E-state index in [-0.39, 0.29) is 12.3 Å². The highest BCUT2D eigenvalue weighted by atomic mass is 32.1. The zero-order valence-corrected chi connectivity index (χ0v) is 15.7. The quantitative estimate of drug-likeness (QED) is 0.639. The summed E-state index contributed by atoms with van der Waals surface area (Å²) in [6.45, 7) is 3.65. The molecule has 0 amide bonds. The number of rotatable bonds is 6. The van der Waals surface area contributed by atoms with Crippen LogP contribution in [-0.2, 0) is 20.6 Å². The van der Waals surface area contributed by atoms with Crippen molar-refractivity contribution < 1.29 is 19.0 Å². The van der Waals surface area contributed by atoms with Gasteiger partial charge in [-0.25, -0.2) is 4.79 Å². The number of aromatic nitrogens is 1. The van der Waals surface area contributed by atoms with Crippen LogP contribution in [0.15, 0.2) is 24.3 Å². The van der Waals surface area contributed by atoms with Crippen LogP contribution in [0.5, 0.6) is 0 Å². The van der Waals surface area contributed by atoms with E-state index >= 15 is 0 Å². The van der Waals surface area contributed by atoms with E-state index in [1.54, 1.807) is 0 Å². The molecule has 2 aromatic heterocycles. The summed E-state index contributed by atoms with van der Waals surface area (Å²) in [5.41, 5.74) is 2.21. The monoisotopic (exact) mass is 373 g/mol. The molecule has 6 heteroatoms. The van der Waals surface area contributed by atoms with Crippen LogP contribution in [0.25, 0.3) is 21.0 Å². The minimum atomic E-state index is -0.251. The summed E-state index contributed by atoms with van der Waals surface area (Å²) in [7, 11) is 0. The summed E-state index contributed by atoms with van der Waals surface area (Å²) in [5, 5.41) is 2.23. The van der Waals surface area contributed by atoms with Crippen LogP contribution in [0.1, 0.15) is 41.6 Å². The van der Waals surface area contributed by atoms with E-state index in [9.17, 15) is 4.79 Å². The molecule has 0 bridgehead atoms. The zero-order chi connectivity index (χ0) is 17.9. The molecular formula is C20H23NO4S. The van der Waals surface area contributed by atoms with Gasteiger partial charge < -0.3 is 19.2 Å². The third kappa shape index (κ3) is 3.63. The van der Waals surface area contributed by atoms with Gasteiger partial charge in [0.05, 0.1) is 13.2 Å². The van der Waals surface area contributed by atoms with E-state index in [0.717, 1.165) is 52.6 Å². The molecule has 1 unspecified atom stereocenters. The maximum absolute atomic E-state index is 12.0. The number of carbonyl (C=O) groups excluding carboxylic acids is 1. The number of hydrogen-bond acceptors (Lipinski definition) is 5. The Balaban J connectivity index is 1.50. The smallest absolute Gasteiger partial charge is 0.348 e. The van der Waals surface area contributed by atoms with E-state index in [1.165, 1.54) is 17.8 Å². The molecule has 5 nitrogen and oxygen atoms in total. The van der Waals surface area contributed by atoms with Gasteiger partial charge in [-0.05, 0) is 50.5 Å². The molecule has 1 aliphatic rings. The molecule has 1 aromatic carbocycles. The van der Waals surface area contributed by atoms with E-state index in [2.05, 4.69) is 23.2 Å². The van der Waals surface area contributed by atoms with Crippen molar-refractivity contribution in [3.63, 3.8) is 0 Å². The number of H-pyrrole nitrogens is 1. The number of esters is 1. The molecule has 138 valence electrons. The van der Waals surface area contributed by atoms with Gasteiger partial charge in [-0.3, -0.25) is 0 Å². The van der Waals surface area contributed by atoms with Gasteiger partial charge in [0.2, 0.25) is 0 Å². The number of thiophene rings is 1. The molecule has 0 aliphatic carbocycles. The maximum Gasteiger partial charge on any atom is 0.348 e. The standard InChI is InChI=1S/C20H23NO4S/c1-2-23-20(22)18-12-15-14-11-13(21-16(14)6-7-17(15)26-18)8-10-25-19-5-3-4-9-24-19/h6-7,11-12,19,21H,2-5,8-10H2,1H3. The van der Waals surface area contributed by atoms with Crippen LogP contribution < -0.4 is 0 Å². The Morgan fingerprint density at radius 3 is 3.04 bits per heavy atom. The van der Waals surface area contributed by atoms with Crippen molar-refractivity contribution in [3.05, 3.63) is 34.8 Å². The minimum Gasteiger partial charge on any atom is -0.462 e. The Bertz CT molecular complexity index is 907. The Labute approximate surface area is 156 Å². The fraction of sp³-hybridized carbons (Fsp3) is 0.450. The predicted molar refractivity (Wildman–Crippen MR) is 103 cm³/mol. The normalized spacial score (nSPS) is 17.8. The number of fused-ring (bicyclic) bond motifs is 3. The Morgan fingerprint density at radius 2 is 2.23 bits per heavy atom. The summed E-state index contributed by atoms with van der Waals surface area (Å²) >= 11 is 1.48. The first kappa shape index (κ1) is 17.5. The Hall–Kier alpha value is -1.89. The van der Waals surface area contributed by atoms with Crippen molar-refractivity contribution in [2.75, 3.05) is 19.8 Å². The molecular weight excluding hydrogens is 350 g/mol. The first-order chi connectivity index (χ1) is 12.7. The second-order valence-electron chi connectivity index (χ2n) is 6.48. The maximum atomic E-state index is 12.0. The third-order valence-electron chi connectivity index (χ3n) is 4.65. The Kier molecular flexibility index (Phi) is 5.24. The lowest BCUT2D eigenvalue weighted by Gasteiger charge is -2.22. The van der Waals surface area contributed by atoms with Gasteiger partial charge in [-0.2, -0.15) is 0 Å². The lowest BCUT2D eigenvalue weighted by Crippen LogP contribution is -2.23. The molecule has 1 fully saturated rings. The van der Waals surface area contributed by atoms with Gasteiger partial charge in [-0.15, -0.1) is 11.3 Å². The zero-order valence-electron chi connectivity index (χ0n) is 14.9. The molecule has 1 N–H and O–H groups in total. The van der Waals surface area contributed by atoms with Crippen LogP contribution in [-0.4, -0.2) is 37.1 Å². The van der Waals surface area contributed by atoms with Crippen LogP contribution >= 0.6 is 11.3 Å². The molecule has 1 aliphatic heterocycles. The van der Waals surface area contributed by atoms with Gasteiger partial charge in [0, 0.05) is 39.7 Å². The summed E-state index contributed by atoms with van der Waals surface area (Å²) < 4.78 is 17.7. The van der Waals surface area contributed by atoms with Crippen molar-refractivity contribution in [1.82, 2.24) is 4.98 Å². The highest BCUT2D eigenvalue weighted by Gasteiger charge is 2.15. The first-order valence-electron chi connectivity index (χ1n) is 9.19. The van der Waals surface area contributed by atoms with E-state index in [4.69, 9.17) is 14.2 Å². The second-order valence-corrected chi connectivity index (χ2v) is 7.57. The van der Waals surface area contributed by atoms with Crippen molar-refractivity contribution in [2.24, 2.45) is 0 Å². The topological polar surface area (TPSA) is 60.6 Å². The lowest BCUT2D eigenvalue weighted by molar-refractivity contribution is -0.161. The van der Waals surface area contributed by atoms with Gasteiger partial charge in [0.25, 0.3) is 0 Å². The Morgan fingerprint density at radius 1 is 1.31 bits per heavy atom. The number of ether oxygens (including phenoxy) is 3. The van der Waals surface area contributed by atoms with Crippen molar-refractivity contribution >= 4 is 38.3 Å². The van der Waals surface area contributed by atoms with Gasteiger partial charge in [-0.1, -0.05) is 0 Å². The number of aromatic amines is 1. The number of nitrogens with one attached hydrogen (secondary N) is 1. The van der Waals surface area contributed by atoms with Crippen molar-refractivity contribution in [2.45, 2.75) is 38.9 Å². The fourth-order valence-electron chi connectivity index (χ4n) is 3.36. The van der Waals surface area contributed by atoms with Crippen molar-refractivity contribution in [1.29, 1.82) is 0 Å². The van der Waals surface area contributed by atoms with Crippen LogP contribution in [0.3, 0.4) is 0 Å². The molecule has 3 aromatic rings. The second kappa shape index (κ2) is 7.78. The van der Waals surface area contributed by atoms with E-state index in [0.29, 0.717) is 18.1 Å². The number of benzene rings is 1. The van der Waals surface area contributed by atoms with Crippen LogP contribution in [0.4, 0.5) is 0 Å². The summed E-state index contributed by atoms with van der Waals surface area (Å²) in [5.74, 6) is -0.251. The summed E-state index contributed by atoms with van der Waals surface area (Å²) in [6, 6.07) is 8.21. The third-order valence-corrected chi connectivity index (χ3v) is 5.73. The molecule has 0 spiro atoms. The number of hydrogen-bond donors (Lipinski definition) is 1. The van der Waals surface area contributed by atoms with Gasteiger partial charge in [0.15, 0.2) is 6.29 Å². The fourth-order valence-corrected chi connectivity index (χ4v) is 4.33. The number of carbonyl (C=O) groups is 1. The van der Waals surface area contributed by atoms with E-state index < -0.39 is 0 Å².